The second-order valence-electron chi connectivity index (χ2n) is 4.90. The second kappa shape index (κ2) is 7.19. The molecule has 0 saturated heterocycles. The number of nitrogens with one attached hydrogen (secondary N) is 2. The molecule has 2 rings (SSSR count). The van der Waals surface area contributed by atoms with E-state index in [1.165, 1.54) is 0 Å². The molecule has 0 aliphatic rings. The van der Waals surface area contributed by atoms with E-state index in [1.54, 1.807) is 17.7 Å². The molecule has 0 saturated carbocycles. The highest BCUT2D eigenvalue weighted by Crippen LogP contribution is 2.28. The smallest absolute Gasteiger partial charge is 0.135 e. The zero-order valence-corrected chi connectivity index (χ0v) is 13.0. The fraction of sp³-hybridized carbons (Fsp3) is 0.500. The monoisotopic (exact) mass is 291 g/mol. The number of aromatic nitrogens is 3. The molecule has 0 fully saturated rings. The van der Waals surface area contributed by atoms with Crippen molar-refractivity contribution in [2.45, 2.75) is 39.7 Å². The largest absolute Gasteiger partial charge is 0.370 e. The molecule has 108 valence electrons. The first-order valence-electron chi connectivity index (χ1n) is 6.92. The van der Waals surface area contributed by atoms with Gasteiger partial charge in [0.1, 0.15) is 18.0 Å². The standard InChI is InChI=1S/C14H21N5S/c1-4-5-15-13-12(10(2)3)14(18-8-17-13)16-6-11-7-20-9-19-11/h7-10H,4-6H2,1-3H3,(H2,15,16,17,18). The first kappa shape index (κ1) is 14.7. The lowest BCUT2D eigenvalue weighted by atomic mass is 10.0. The van der Waals surface area contributed by atoms with Gasteiger partial charge in [-0.25, -0.2) is 15.0 Å². The summed E-state index contributed by atoms with van der Waals surface area (Å²) < 4.78 is 0. The molecule has 0 spiro atoms. The first-order valence-corrected chi connectivity index (χ1v) is 7.86. The fourth-order valence-corrected chi connectivity index (χ4v) is 2.53. The number of rotatable bonds is 7. The lowest BCUT2D eigenvalue weighted by Gasteiger charge is -2.17. The van der Waals surface area contributed by atoms with Crippen molar-refractivity contribution >= 4 is 23.0 Å². The van der Waals surface area contributed by atoms with E-state index in [2.05, 4.69) is 46.4 Å². The Morgan fingerprint density at radius 3 is 2.50 bits per heavy atom. The van der Waals surface area contributed by atoms with Crippen LogP contribution >= 0.6 is 11.3 Å². The lowest BCUT2D eigenvalue weighted by molar-refractivity contribution is 0.838. The van der Waals surface area contributed by atoms with Gasteiger partial charge in [-0.3, -0.25) is 0 Å². The molecule has 0 aromatic carbocycles. The van der Waals surface area contributed by atoms with Gasteiger partial charge in [-0.05, 0) is 12.3 Å². The quantitative estimate of drug-likeness (QED) is 0.817. The van der Waals surface area contributed by atoms with Crippen molar-refractivity contribution in [1.82, 2.24) is 15.0 Å². The van der Waals surface area contributed by atoms with E-state index in [-0.39, 0.29) is 0 Å². The molecule has 0 aliphatic heterocycles. The van der Waals surface area contributed by atoms with Gasteiger partial charge in [0.05, 0.1) is 17.7 Å². The Balaban J connectivity index is 2.17. The molecule has 0 radical (unpaired) electrons. The zero-order valence-electron chi connectivity index (χ0n) is 12.2. The van der Waals surface area contributed by atoms with Crippen LogP contribution in [0.2, 0.25) is 0 Å². The third-order valence-electron chi connectivity index (χ3n) is 2.92. The summed E-state index contributed by atoms with van der Waals surface area (Å²) in [7, 11) is 0. The van der Waals surface area contributed by atoms with Crippen LogP contribution in [0.15, 0.2) is 17.2 Å². The van der Waals surface area contributed by atoms with Crippen LogP contribution in [-0.2, 0) is 6.54 Å². The van der Waals surface area contributed by atoms with Gasteiger partial charge < -0.3 is 10.6 Å². The summed E-state index contributed by atoms with van der Waals surface area (Å²) in [6.07, 6.45) is 2.68. The van der Waals surface area contributed by atoms with Crippen molar-refractivity contribution in [3.63, 3.8) is 0 Å². The minimum atomic E-state index is 0.355. The van der Waals surface area contributed by atoms with Gasteiger partial charge in [0, 0.05) is 17.5 Å². The summed E-state index contributed by atoms with van der Waals surface area (Å²) in [4.78, 5) is 13.0. The van der Waals surface area contributed by atoms with Crippen molar-refractivity contribution in [3.8, 4) is 0 Å². The first-order chi connectivity index (χ1) is 9.72. The molecule has 2 N–H and O–H groups in total. The predicted octanol–water partition coefficient (Wildman–Crippen LogP) is 3.49. The molecule has 5 nitrogen and oxygen atoms in total. The summed E-state index contributed by atoms with van der Waals surface area (Å²) >= 11 is 1.60. The summed E-state index contributed by atoms with van der Waals surface area (Å²) in [5.41, 5.74) is 4.01. The molecule has 2 aromatic rings. The van der Waals surface area contributed by atoms with E-state index in [0.717, 1.165) is 35.9 Å². The summed E-state index contributed by atoms with van der Waals surface area (Å²) in [6.45, 7) is 8.06. The molecular weight excluding hydrogens is 270 g/mol. The topological polar surface area (TPSA) is 62.7 Å². The third-order valence-corrected chi connectivity index (χ3v) is 3.56. The number of hydrogen-bond acceptors (Lipinski definition) is 6. The molecule has 2 heterocycles. The molecule has 0 amide bonds. The number of nitrogens with zero attached hydrogens (tertiary/aromatic N) is 3. The lowest BCUT2D eigenvalue weighted by Crippen LogP contribution is -2.12. The average molecular weight is 291 g/mol. The van der Waals surface area contributed by atoms with Crippen LogP contribution in [0, 0.1) is 0 Å². The second-order valence-corrected chi connectivity index (χ2v) is 5.62. The molecule has 0 atom stereocenters. The molecular formula is C14H21N5S. The third kappa shape index (κ3) is 3.66. The Labute approximate surface area is 123 Å². The molecule has 20 heavy (non-hydrogen) atoms. The molecule has 0 aliphatic carbocycles. The maximum absolute atomic E-state index is 4.38. The van der Waals surface area contributed by atoms with Crippen LogP contribution in [0.4, 0.5) is 11.6 Å². The highest BCUT2D eigenvalue weighted by atomic mass is 32.1. The number of hydrogen-bond donors (Lipinski definition) is 2. The highest BCUT2D eigenvalue weighted by Gasteiger charge is 2.14. The Morgan fingerprint density at radius 1 is 1.15 bits per heavy atom. The maximum atomic E-state index is 4.38. The minimum absolute atomic E-state index is 0.355. The van der Waals surface area contributed by atoms with Crippen molar-refractivity contribution < 1.29 is 0 Å². The van der Waals surface area contributed by atoms with Gasteiger partial charge in [0.25, 0.3) is 0 Å². The van der Waals surface area contributed by atoms with Crippen LogP contribution in [0.25, 0.3) is 0 Å². The Kier molecular flexibility index (Phi) is 5.29. The molecule has 0 bridgehead atoms. The van der Waals surface area contributed by atoms with E-state index >= 15 is 0 Å². The predicted molar refractivity (Wildman–Crippen MR) is 84.3 cm³/mol. The van der Waals surface area contributed by atoms with Crippen molar-refractivity contribution in [2.24, 2.45) is 0 Å². The van der Waals surface area contributed by atoms with Gasteiger partial charge in [-0.1, -0.05) is 20.8 Å². The summed E-state index contributed by atoms with van der Waals surface area (Å²) in [5.74, 6) is 2.17. The van der Waals surface area contributed by atoms with Gasteiger partial charge in [-0.2, -0.15) is 0 Å². The van der Waals surface area contributed by atoms with Crippen LogP contribution in [-0.4, -0.2) is 21.5 Å². The van der Waals surface area contributed by atoms with Gasteiger partial charge in [0.2, 0.25) is 0 Å². The summed E-state index contributed by atoms with van der Waals surface area (Å²) in [6, 6.07) is 0. The highest BCUT2D eigenvalue weighted by molar-refractivity contribution is 7.07. The number of anilines is 2. The average Bonchev–Trinajstić information content (AvgIpc) is 2.95. The van der Waals surface area contributed by atoms with Crippen LogP contribution in [0.1, 0.15) is 44.4 Å². The maximum Gasteiger partial charge on any atom is 0.135 e. The molecule has 0 unspecified atom stereocenters. The fourth-order valence-electron chi connectivity index (χ4n) is 1.97. The van der Waals surface area contributed by atoms with Crippen molar-refractivity contribution in [2.75, 3.05) is 17.2 Å². The van der Waals surface area contributed by atoms with Gasteiger partial charge in [0.15, 0.2) is 0 Å². The van der Waals surface area contributed by atoms with E-state index in [4.69, 9.17) is 0 Å². The van der Waals surface area contributed by atoms with E-state index < -0.39 is 0 Å². The molecule has 6 heteroatoms. The normalized spacial score (nSPS) is 10.8. The van der Waals surface area contributed by atoms with Crippen LogP contribution in [0.3, 0.4) is 0 Å². The van der Waals surface area contributed by atoms with Gasteiger partial charge in [-0.15, -0.1) is 11.3 Å². The van der Waals surface area contributed by atoms with E-state index in [0.29, 0.717) is 12.5 Å². The minimum Gasteiger partial charge on any atom is -0.370 e. The van der Waals surface area contributed by atoms with E-state index in [1.807, 2.05) is 10.9 Å². The molecule has 2 aromatic heterocycles. The van der Waals surface area contributed by atoms with Crippen molar-refractivity contribution in [3.05, 3.63) is 28.5 Å². The Hall–Kier alpha value is -1.69. The Morgan fingerprint density at radius 2 is 1.90 bits per heavy atom. The zero-order chi connectivity index (χ0) is 14.4. The number of thiazole rings is 1. The Bertz CT molecular complexity index is 524. The SMILES string of the molecule is CCCNc1ncnc(NCc2cscn2)c1C(C)C. The van der Waals surface area contributed by atoms with Gasteiger partial charge >= 0.3 is 0 Å². The summed E-state index contributed by atoms with van der Waals surface area (Å²) in [5, 5.41) is 8.78. The van der Waals surface area contributed by atoms with E-state index in [9.17, 15) is 0 Å². The van der Waals surface area contributed by atoms with Crippen LogP contribution in [0.5, 0.6) is 0 Å². The van der Waals surface area contributed by atoms with Crippen molar-refractivity contribution in [1.29, 1.82) is 0 Å². The van der Waals surface area contributed by atoms with Crippen LogP contribution < -0.4 is 10.6 Å².